The number of fused-ring (bicyclic) bond motifs is 4. The summed E-state index contributed by atoms with van der Waals surface area (Å²) in [5.74, 6) is -8.89. The number of aliphatic hydroxyl groups is 1. The summed E-state index contributed by atoms with van der Waals surface area (Å²) in [5.41, 5.74) is -1.30. The number of carbonyl (C=O) groups excluding carboxylic acids is 5. The van der Waals surface area contributed by atoms with Gasteiger partial charge in [0.05, 0.1) is 11.5 Å². The Morgan fingerprint density at radius 3 is 2.20 bits per heavy atom. The van der Waals surface area contributed by atoms with Crippen LogP contribution in [-0.2, 0) is 38.4 Å². The van der Waals surface area contributed by atoms with Crippen LogP contribution in [0.15, 0.2) is 60.7 Å². The molecule has 0 bridgehead atoms. The number of hydrogen-bond donors (Lipinski definition) is 2. The molecule has 2 saturated carbocycles. The van der Waals surface area contributed by atoms with Gasteiger partial charge >= 0.3 is 0 Å². The fourth-order valence-electron chi connectivity index (χ4n) is 9.99. The molecule has 0 spiro atoms. The van der Waals surface area contributed by atoms with Gasteiger partial charge in [0.25, 0.3) is 0 Å². The predicted octanol–water partition coefficient (Wildman–Crippen LogP) is 6.71. The predicted molar refractivity (Wildman–Crippen MR) is 188 cm³/mol. The first kappa shape index (κ1) is 34.6. The highest BCUT2D eigenvalue weighted by atomic mass is 16.3. The molecule has 0 heterocycles. The molecule has 0 aliphatic heterocycles. The van der Waals surface area contributed by atoms with Crippen molar-refractivity contribution >= 4 is 39.7 Å². The topological polar surface area (TPSA) is 126 Å². The lowest BCUT2D eigenvalue weighted by molar-refractivity contribution is -0.205. The molecule has 6 rings (SSSR count). The molecule has 7 nitrogen and oxygen atoms in total. The van der Waals surface area contributed by atoms with Gasteiger partial charge in [-0.25, -0.2) is 0 Å². The summed E-state index contributed by atoms with van der Waals surface area (Å²) in [7, 11) is 0. The molecule has 3 aliphatic carbocycles. The molecule has 6 atom stereocenters. The molecule has 0 amide bonds. The molecule has 0 saturated heterocycles. The van der Waals surface area contributed by atoms with E-state index in [4.69, 9.17) is 0 Å². The van der Waals surface area contributed by atoms with Crippen LogP contribution in [0.5, 0.6) is 5.75 Å². The van der Waals surface area contributed by atoms with E-state index in [2.05, 4.69) is 30.8 Å². The van der Waals surface area contributed by atoms with Crippen LogP contribution in [0.2, 0.25) is 0 Å². The van der Waals surface area contributed by atoms with Crippen molar-refractivity contribution in [1.82, 2.24) is 0 Å². The van der Waals surface area contributed by atoms with E-state index < -0.39 is 69.0 Å². The Morgan fingerprint density at radius 2 is 1.57 bits per heavy atom. The largest absolute Gasteiger partial charge is 0.507 e. The van der Waals surface area contributed by atoms with Gasteiger partial charge in [0.1, 0.15) is 17.5 Å². The summed E-state index contributed by atoms with van der Waals surface area (Å²) in [5, 5.41) is 26.4. The number of benzene rings is 3. The lowest BCUT2D eigenvalue weighted by atomic mass is 9.39. The molecule has 3 aromatic carbocycles. The third-order valence-electron chi connectivity index (χ3n) is 11.9. The van der Waals surface area contributed by atoms with E-state index in [9.17, 15) is 34.2 Å². The summed E-state index contributed by atoms with van der Waals surface area (Å²) in [6.45, 7) is 16.4. The van der Waals surface area contributed by atoms with E-state index in [1.54, 1.807) is 20.8 Å². The maximum Gasteiger partial charge on any atom is 0.190 e. The van der Waals surface area contributed by atoms with Crippen LogP contribution >= 0.6 is 0 Å². The third-order valence-corrected chi connectivity index (χ3v) is 11.9. The Bertz CT molecular complexity index is 1980. The van der Waals surface area contributed by atoms with Gasteiger partial charge in [0.15, 0.2) is 28.7 Å². The van der Waals surface area contributed by atoms with Crippen molar-refractivity contribution in [3.8, 4) is 5.75 Å². The monoisotopic (exact) mass is 662 g/mol. The van der Waals surface area contributed by atoms with Crippen molar-refractivity contribution in [2.24, 2.45) is 34.5 Å². The zero-order valence-corrected chi connectivity index (χ0v) is 29.5. The second kappa shape index (κ2) is 11.7. The summed E-state index contributed by atoms with van der Waals surface area (Å²) >= 11 is 0. The first-order chi connectivity index (χ1) is 22.9. The SMILES string of the molecule is C=C(Cc1cc(C(C)C)c2c(c1O)C(=O)C1C(=O)[C@@]3(O)C(=O)C(C(C)=O)C(=O)C(C(C)C)[C@@]3(C)C[C@@]1(C)C2)Cc1cccc2ccccc12. The number of Topliss-reactive ketones (excluding diaryl/α,β-unsaturated/α-hetero) is 5. The molecule has 3 aliphatic rings. The minimum atomic E-state index is -2.72. The fourth-order valence-corrected chi connectivity index (χ4v) is 9.99. The van der Waals surface area contributed by atoms with Crippen LogP contribution in [0, 0.1) is 34.5 Å². The average molecular weight is 663 g/mol. The average Bonchev–Trinajstić information content (AvgIpc) is 3.00. The van der Waals surface area contributed by atoms with Gasteiger partial charge in [0, 0.05) is 11.3 Å². The molecule has 2 fully saturated rings. The van der Waals surface area contributed by atoms with E-state index in [0.717, 1.165) is 34.4 Å². The maximum atomic E-state index is 14.7. The number of phenols is 1. The van der Waals surface area contributed by atoms with E-state index in [-0.39, 0.29) is 30.1 Å². The quantitative estimate of drug-likeness (QED) is 0.213. The summed E-state index contributed by atoms with van der Waals surface area (Å²) in [6.07, 6.45) is 1.12. The summed E-state index contributed by atoms with van der Waals surface area (Å²) in [4.78, 5) is 69.8. The van der Waals surface area contributed by atoms with Crippen molar-refractivity contribution in [3.05, 3.63) is 88.5 Å². The van der Waals surface area contributed by atoms with Crippen LogP contribution in [0.25, 0.3) is 10.8 Å². The normalized spacial score (nSPS) is 29.6. The second-order valence-corrected chi connectivity index (χ2v) is 16.1. The molecule has 256 valence electrons. The highest BCUT2D eigenvalue weighted by Crippen LogP contribution is 2.64. The molecule has 7 heteroatoms. The van der Waals surface area contributed by atoms with Gasteiger partial charge in [-0.15, -0.1) is 0 Å². The zero-order chi connectivity index (χ0) is 36.0. The van der Waals surface area contributed by atoms with Crippen molar-refractivity contribution in [2.75, 3.05) is 0 Å². The zero-order valence-electron chi connectivity index (χ0n) is 29.5. The smallest absolute Gasteiger partial charge is 0.190 e. The minimum Gasteiger partial charge on any atom is -0.507 e. The van der Waals surface area contributed by atoms with Crippen LogP contribution < -0.4 is 0 Å². The Morgan fingerprint density at radius 1 is 0.939 bits per heavy atom. The molecular formula is C42H46O7. The Kier molecular flexibility index (Phi) is 8.26. The van der Waals surface area contributed by atoms with Crippen LogP contribution in [0.3, 0.4) is 0 Å². The van der Waals surface area contributed by atoms with E-state index in [1.165, 1.54) is 0 Å². The Labute approximate surface area is 287 Å². The van der Waals surface area contributed by atoms with Crippen molar-refractivity contribution in [1.29, 1.82) is 0 Å². The molecule has 49 heavy (non-hydrogen) atoms. The number of ketones is 5. The molecule has 3 aromatic rings. The van der Waals surface area contributed by atoms with Crippen LogP contribution in [0.1, 0.15) is 93.4 Å². The first-order valence-electron chi connectivity index (χ1n) is 17.3. The van der Waals surface area contributed by atoms with Gasteiger partial charge < -0.3 is 10.2 Å². The maximum absolute atomic E-state index is 14.7. The number of rotatable bonds is 7. The van der Waals surface area contributed by atoms with E-state index >= 15 is 0 Å². The van der Waals surface area contributed by atoms with Crippen molar-refractivity contribution in [2.45, 2.75) is 85.7 Å². The highest BCUT2D eigenvalue weighted by Gasteiger charge is 2.76. The lowest BCUT2D eigenvalue weighted by Gasteiger charge is -2.62. The van der Waals surface area contributed by atoms with Crippen LogP contribution in [-0.4, -0.2) is 44.7 Å². The molecule has 2 N–H and O–H groups in total. The highest BCUT2D eigenvalue weighted by molar-refractivity contribution is 6.32. The molecule has 0 aromatic heterocycles. The van der Waals surface area contributed by atoms with Gasteiger partial charge in [-0.2, -0.15) is 0 Å². The van der Waals surface area contributed by atoms with Gasteiger partial charge in [-0.1, -0.05) is 102 Å². The van der Waals surface area contributed by atoms with E-state index in [0.29, 0.717) is 24.0 Å². The Hall–Kier alpha value is -4.23. The number of allylic oxidation sites excluding steroid dienone is 1. The number of aromatic hydroxyl groups is 1. The minimum absolute atomic E-state index is 0.0308. The van der Waals surface area contributed by atoms with Gasteiger partial charge in [0.2, 0.25) is 0 Å². The van der Waals surface area contributed by atoms with Crippen molar-refractivity contribution < 1.29 is 34.2 Å². The van der Waals surface area contributed by atoms with Gasteiger partial charge in [-0.05, 0) is 82.9 Å². The third kappa shape index (κ3) is 4.91. The molecule has 3 unspecified atom stereocenters. The second-order valence-electron chi connectivity index (χ2n) is 16.1. The summed E-state index contributed by atoms with van der Waals surface area (Å²) < 4.78 is 0. The Balaban J connectivity index is 1.45. The number of hydrogen-bond acceptors (Lipinski definition) is 7. The van der Waals surface area contributed by atoms with Crippen molar-refractivity contribution in [3.63, 3.8) is 0 Å². The fraction of sp³-hybridized carbons (Fsp3) is 0.452. The standard InChI is InChI=1S/C42H46O7/c1-21(2)29-18-27(17-23(5)16-26-14-11-13-25-12-9-10-15-28(25)26)35(44)32-30(29)19-40(7)20-41(8)33(22(3)4)36(45)31(24(6)43)38(47)42(41,49)39(48)34(40)37(32)46/h9-15,18,21-22,31,33-34,44,49H,5,16-17,19-20H2,1-4,6-8H3/t31?,33?,34?,40-,41-,42+/m1/s1. The van der Waals surface area contributed by atoms with Crippen LogP contribution in [0.4, 0.5) is 0 Å². The number of carbonyl (C=O) groups is 5. The number of phenolic OH excluding ortho intramolecular Hbond substituents is 1. The molecular weight excluding hydrogens is 616 g/mol. The van der Waals surface area contributed by atoms with Gasteiger partial charge in [-0.3, -0.25) is 24.0 Å². The lowest BCUT2D eigenvalue weighted by Crippen LogP contribution is -2.76. The molecule has 0 radical (unpaired) electrons. The first-order valence-corrected chi connectivity index (χ1v) is 17.3. The summed E-state index contributed by atoms with van der Waals surface area (Å²) in [6, 6.07) is 16.2. The van der Waals surface area contributed by atoms with E-state index in [1.807, 2.05) is 45.0 Å².